The van der Waals surface area contributed by atoms with Crippen LogP contribution in [0, 0.1) is 0 Å². The van der Waals surface area contributed by atoms with Crippen molar-refractivity contribution in [3.63, 3.8) is 0 Å². The fraction of sp³-hybridized carbons (Fsp3) is 0.208. The molecule has 162 valence electrons. The molecule has 0 radical (unpaired) electrons. The molecule has 2 N–H and O–H groups in total. The van der Waals surface area contributed by atoms with Crippen LogP contribution < -0.4 is 14.8 Å². The molecule has 0 aromatic heterocycles. The number of amides is 1. The minimum atomic E-state index is -3.67. The Hall–Kier alpha value is -3.32. The minimum Gasteiger partial charge on any atom is -0.491 e. The number of hydrogen-bond acceptors (Lipinski definition) is 4. The summed E-state index contributed by atoms with van der Waals surface area (Å²) in [6.07, 6.45) is 0. The highest BCUT2D eigenvalue weighted by Gasteiger charge is 2.14. The second kappa shape index (κ2) is 10.1. The molecule has 0 saturated heterocycles. The topological polar surface area (TPSA) is 84.5 Å². The van der Waals surface area contributed by atoms with E-state index in [1.165, 1.54) is 12.1 Å². The third-order valence-corrected chi connectivity index (χ3v) is 6.04. The van der Waals surface area contributed by atoms with Gasteiger partial charge in [-0.25, -0.2) is 8.42 Å². The number of anilines is 1. The molecule has 31 heavy (non-hydrogen) atoms. The highest BCUT2D eigenvalue weighted by Crippen LogP contribution is 2.25. The number of carbonyl (C=O) groups excluding carboxylic acids is 1. The molecule has 3 aromatic rings. The van der Waals surface area contributed by atoms with Crippen LogP contribution in [0.4, 0.5) is 5.69 Å². The molecule has 3 aromatic carbocycles. The number of hydrogen-bond donors (Lipinski definition) is 2. The number of sulfonamides is 1. The maximum atomic E-state index is 12.4. The van der Waals surface area contributed by atoms with E-state index >= 15 is 0 Å². The van der Waals surface area contributed by atoms with E-state index in [1.54, 1.807) is 42.5 Å². The summed E-state index contributed by atoms with van der Waals surface area (Å²) < 4.78 is 33.1. The molecule has 0 spiro atoms. The predicted octanol–water partition coefficient (Wildman–Crippen LogP) is 4.42. The Morgan fingerprint density at radius 3 is 2.23 bits per heavy atom. The monoisotopic (exact) mass is 438 g/mol. The maximum absolute atomic E-state index is 12.4. The van der Waals surface area contributed by atoms with Crippen molar-refractivity contribution in [3.05, 3.63) is 90.0 Å². The average Bonchev–Trinajstić information content (AvgIpc) is 2.77. The van der Waals surface area contributed by atoms with Crippen molar-refractivity contribution in [2.75, 3.05) is 17.9 Å². The van der Waals surface area contributed by atoms with E-state index < -0.39 is 10.0 Å². The molecule has 7 heteroatoms. The second-order valence-electron chi connectivity index (χ2n) is 7.29. The van der Waals surface area contributed by atoms with E-state index in [0.717, 1.165) is 11.3 Å². The van der Waals surface area contributed by atoms with Crippen molar-refractivity contribution in [1.29, 1.82) is 0 Å². The quantitative estimate of drug-likeness (QED) is 0.485. The van der Waals surface area contributed by atoms with E-state index in [4.69, 9.17) is 4.74 Å². The molecule has 0 fully saturated rings. The van der Waals surface area contributed by atoms with Gasteiger partial charge >= 0.3 is 0 Å². The number of rotatable bonds is 9. The average molecular weight is 439 g/mol. The summed E-state index contributed by atoms with van der Waals surface area (Å²) >= 11 is 0. The van der Waals surface area contributed by atoms with Crippen LogP contribution in [0.5, 0.6) is 5.75 Å². The van der Waals surface area contributed by atoms with Crippen LogP contribution in [0.3, 0.4) is 0 Å². The van der Waals surface area contributed by atoms with Gasteiger partial charge in [0.05, 0.1) is 11.4 Å². The lowest BCUT2D eigenvalue weighted by Gasteiger charge is -2.14. The lowest BCUT2D eigenvalue weighted by molar-refractivity contribution is 0.0947. The normalized spacial score (nSPS) is 11.2. The third-order valence-electron chi connectivity index (χ3n) is 4.64. The molecule has 0 saturated carbocycles. The maximum Gasteiger partial charge on any atom is 0.261 e. The Morgan fingerprint density at radius 1 is 0.903 bits per heavy atom. The van der Waals surface area contributed by atoms with Crippen LogP contribution in [0.2, 0.25) is 0 Å². The van der Waals surface area contributed by atoms with Crippen LogP contribution in [0.25, 0.3) is 0 Å². The van der Waals surface area contributed by atoms with Gasteiger partial charge in [-0.1, -0.05) is 50.2 Å². The van der Waals surface area contributed by atoms with E-state index in [0.29, 0.717) is 30.3 Å². The van der Waals surface area contributed by atoms with Gasteiger partial charge in [0.1, 0.15) is 12.4 Å². The summed E-state index contributed by atoms with van der Waals surface area (Å²) in [7, 11) is -3.67. The highest BCUT2D eigenvalue weighted by atomic mass is 32.2. The van der Waals surface area contributed by atoms with Crippen LogP contribution >= 0.6 is 0 Å². The molecular formula is C24H26N2O4S. The van der Waals surface area contributed by atoms with Gasteiger partial charge in [0, 0.05) is 11.3 Å². The molecule has 0 aliphatic heterocycles. The summed E-state index contributed by atoms with van der Waals surface area (Å²) in [4.78, 5) is 12.5. The summed E-state index contributed by atoms with van der Waals surface area (Å²) in [5, 5.41) is 2.81. The zero-order chi connectivity index (χ0) is 22.3. The summed E-state index contributed by atoms with van der Waals surface area (Å²) in [6, 6.07) is 22.2. The van der Waals surface area contributed by atoms with Crippen molar-refractivity contribution < 1.29 is 17.9 Å². The van der Waals surface area contributed by atoms with E-state index in [2.05, 4.69) is 23.9 Å². The number of nitrogens with one attached hydrogen (secondary N) is 2. The van der Waals surface area contributed by atoms with E-state index in [-0.39, 0.29) is 10.8 Å². The first kappa shape index (κ1) is 22.4. The van der Waals surface area contributed by atoms with Gasteiger partial charge in [-0.05, 0) is 53.9 Å². The molecule has 0 bridgehead atoms. The molecular weight excluding hydrogens is 412 g/mol. The Labute approximate surface area is 183 Å². The van der Waals surface area contributed by atoms with Gasteiger partial charge in [0.25, 0.3) is 15.9 Å². The summed E-state index contributed by atoms with van der Waals surface area (Å²) in [5.74, 6) is 0.920. The molecule has 1 amide bonds. The Morgan fingerprint density at radius 2 is 1.55 bits per heavy atom. The molecule has 0 aliphatic carbocycles. The molecule has 0 aliphatic rings. The number of carbonyl (C=O) groups is 1. The van der Waals surface area contributed by atoms with Crippen molar-refractivity contribution in [2.24, 2.45) is 0 Å². The Bertz CT molecular complexity index is 1110. The van der Waals surface area contributed by atoms with Crippen molar-refractivity contribution >= 4 is 21.6 Å². The van der Waals surface area contributed by atoms with Crippen LogP contribution in [-0.2, 0) is 10.0 Å². The van der Waals surface area contributed by atoms with E-state index in [1.807, 2.05) is 24.3 Å². The number of ether oxygens (including phenoxy) is 1. The summed E-state index contributed by atoms with van der Waals surface area (Å²) in [6.45, 7) is 4.92. The fourth-order valence-corrected chi connectivity index (χ4v) is 4.10. The first-order valence-electron chi connectivity index (χ1n) is 10.0. The smallest absolute Gasteiger partial charge is 0.261 e. The SMILES string of the molecule is CC(C)c1ccccc1OCCNC(=O)c1ccc(NS(=O)(=O)c2ccccc2)cc1. The zero-order valence-corrected chi connectivity index (χ0v) is 18.4. The molecule has 0 atom stereocenters. The van der Waals surface area contributed by atoms with Crippen molar-refractivity contribution in [2.45, 2.75) is 24.7 Å². The standard InChI is InChI=1S/C24H26N2O4S/c1-18(2)22-10-6-7-11-23(22)30-17-16-25-24(27)19-12-14-20(15-13-19)26-31(28,29)21-8-4-3-5-9-21/h3-15,18,26H,16-17H2,1-2H3,(H,25,27). The largest absolute Gasteiger partial charge is 0.491 e. The van der Waals surface area contributed by atoms with Crippen LogP contribution in [0.1, 0.15) is 35.7 Å². The van der Waals surface area contributed by atoms with Gasteiger partial charge < -0.3 is 10.1 Å². The third kappa shape index (κ3) is 6.08. The summed E-state index contributed by atoms with van der Waals surface area (Å²) in [5.41, 5.74) is 1.95. The highest BCUT2D eigenvalue weighted by molar-refractivity contribution is 7.92. The van der Waals surface area contributed by atoms with Crippen LogP contribution in [0.15, 0.2) is 83.8 Å². The first-order valence-corrected chi connectivity index (χ1v) is 11.5. The lowest BCUT2D eigenvalue weighted by atomic mass is 10.0. The number of benzene rings is 3. The fourth-order valence-electron chi connectivity index (χ4n) is 3.02. The minimum absolute atomic E-state index is 0.177. The first-order chi connectivity index (χ1) is 14.9. The second-order valence-corrected chi connectivity index (χ2v) is 8.98. The van der Waals surface area contributed by atoms with Crippen molar-refractivity contribution in [3.8, 4) is 5.75 Å². The van der Waals surface area contributed by atoms with Gasteiger partial charge in [-0.2, -0.15) is 0 Å². The molecule has 6 nitrogen and oxygen atoms in total. The Kier molecular flexibility index (Phi) is 7.31. The molecule has 0 heterocycles. The van der Waals surface area contributed by atoms with Crippen LogP contribution in [-0.4, -0.2) is 27.5 Å². The lowest BCUT2D eigenvalue weighted by Crippen LogP contribution is -2.28. The zero-order valence-electron chi connectivity index (χ0n) is 17.5. The van der Waals surface area contributed by atoms with Gasteiger partial charge in [0.15, 0.2) is 0 Å². The van der Waals surface area contributed by atoms with Gasteiger partial charge in [-0.15, -0.1) is 0 Å². The predicted molar refractivity (Wildman–Crippen MR) is 122 cm³/mol. The molecule has 3 rings (SSSR count). The van der Waals surface area contributed by atoms with Gasteiger partial charge in [-0.3, -0.25) is 9.52 Å². The van der Waals surface area contributed by atoms with Crippen molar-refractivity contribution in [1.82, 2.24) is 5.32 Å². The molecule has 0 unspecified atom stereocenters. The van der Waals surface area contributed by atoms with Gasteiger partial charge in [0.2, 0.25) is 0 Å². The van der Waals surface area contributed by atoms with E-state index in [9.17, 15) is 13.2 Å². The Balaban J connectivity index is 1.52. The number of para-hydroxylation sites is 1.